The lowest BCUT2D eigenvalue weighted by molar-refractivity contribution is 0.987. The van der Waals surface area contributed by atoms with Gasteiger partial charge in [-0.3, -0.25) is 0 Å². The van der Waals surface area contributed by atoms with Crippen molar-refractivity contribution in [1.82, 2.24) is 9.97 Å². The molecule has 3 aromatic rings. The van der Waals surface area contributed by atoms with Crippen LogP contribution in [0.2, 0.25) is 5.02 Å². The summed E-state index contributed by atoms with van der Waals surface area (Å²) in [5.74, 6) is 0.194. The van der Waals surface area contributed by atoms with Gasteiger partial charge in [-0.15, -0.1) is 0 Å². The number of aromatic nitrogens is 2. The van der Waals surface area contributed by atoms with Gasteiger partial charge in [-0.2, -0.15) is 0 Å². The summed E-state index contributed by atoms with van der Waals surface area (Å²) >= 11 is 5.99. The molecule has 1 aromatic heterocycles. The standard InChI is InChI=1S/C17H11ClN2/c18-12-7-5-11(6-8-12)16-13-3-1-2-4-14(13)17-15(16)9-19-10-20-17/h1-10,16H. The Morgan fingerprint density at radius 1 is 0.900 bits per heavy atom. The monoisotopic (exact) mass is 278 g/mol. The van der Waals surface area contributed by atoms with Crippen LogP contribution in [-0.2, 0) is 0 Å². The molecule has 2 aromatic carbocycles. The number of nitrogens with zero attached hydrogens (tertiary/aromatic N) is 2. The number of fused-ring (bicyclic) bond motifs is 3. The van der Waals surface area contributed by atoms with Crippen LogP contribution >= 0.6 is 11.6 Å². The van der Waals surface area contributed by atoms with E-state index in [4.69, 9.17) is 11.6 Å². The van der Waals surface area contributed by atoms with Gasteiger partial charge in [0, 0.05) is 28.3 Å². The van der Waals surface area contributed by atoms with E-state index in [9.17, 15) is 0 Å². The summed E-state index contributed by atoms with van der Waals surface area (Å²) in [6.45, 7) is 0. The second kappa shape index (κ2) is 4.43. The van der Waals surface area contributed by atoms with Crippen LogP contribution in [0.25, 0.3) is 11.3 Å². The average molecular weight is 279 g/mol. The highest BCUT2D eigenvalue weighted by Crippen LogP contribution is 2.46. The van der Waals surface area contributed by atoms with Gasteiger partial charge in [-0.05, 0) is 23.3 Å². The topological polar surface area (TPSA) is 25.8 Å². The maximum atomic E-state index is 5.99. The van der Waals surface area contributed by atoms with E-state index in [1.165, 1.54) is 16.7 Å². The van der Waals surface area contributed by atoms with Gasteiger partial charge < -0.3 is 0 Å². The van der Waals surface area contributed by atoms with Crippen LogP contribution < -0.4 is 0 Å². The average Bonchev–Trinajstić information content (AvgIpc) is 2.83. The highest BCUT2D eigenvalue weighted by Gasteiger charge is 2.30. The molecule has 96 valence electrons. The predicted molar refractivity (Wildman–Crippen MR) is 79.9 cm³/mol. The highest BCUT2D eigenvalue weighted by molar-refractivity contribution is 6.30. The van der Waals surface area contributed by atoms with Crippen LogP contribution in [0.5, 0.6) is 0 Å². The summed E-state index contributed by atoms with van der Waals surface area (Å²) in [4.78, 5) is 8.65. The van der Waals surface area contributed by atoms with E-state index in [1.807, 2.05) is 18.3 Å². The summed E-state index contributed by atoms with van der Waals surface area (Å²) in [6.07, 6.45) is 3.53. The summed E-state index contributed by atoms with van der Waals surface area (Å²) < 4.78 is 0. The number of hydrogen-bond acceptors (Lipinski definition) is 2. The Labute approximate surface area is 122 Å². The van der Waals surface area contributed by atoms with E-state index < -0.39 is 0 Å². The van der Waals surface area contributed by atoms with E-state index >= 15 is 0 Å². The van der Waals surface area contributed by atoms with Gasteiger partial charge in [0.1, 0.15) is 6.33 Å². The predicted octanol–water partition coefficient (Wildman–Crippen LogP) is 4.29. The molecule has 4 rings (SSSR count). The van der Waals surface area contributed by atoms with E-state index in [0.717, 1.165) is 16.3 Å². The van der Waals surface area contributed by atoms with E-state index in [0.29, 0.717) is 0 Å². The van der Waals surface area contributed by atoms with E-state index in [2.05, 4.69) is 46.4 Å². The minimum Gasteiger partial charge on any atom is -0.244 e. The highest BCUT2D eigenvalue weighted by atomic mass is 35.5. The van der Waals surface area contributed by atoms with Crippen molar-refractivity contribution >= 4 is 11.6 Å². The number of benzene rings is 2. The van der Waals surface area contributed by atoms with Crippen molar-refractivity contribution in [1.29, 1.82) is 0 Å². The van der Waals surface area contributed by atoms with E-state index in [1.54, 1.807) is 6.33 Å². The van der Waals surface area contributed by atoms with Gasteiger partial charge in [0.2, 0.25) is 0 Å². The van der Waals surface area contributed by atoms with Crippen molar-refractivity contribution in [2.24, 2.45) is 0 Å². The molecule has 1 aliphatic carbocycles. The maximum Gasteiger partial charge on any atom is 0.116 e. The Bertz CT molecular complexity index is 736. The zero-order valence-electron chi connectivity index (χ0n) is 10.6. The van der Waals surface area contributed by atoms with Crippen molar-refractivity contribution < 1.29 is 0 Å². The maximum absolute atomic E-state index is 5.99. The Balaban J connectivity index is 1.97. The molecule has 0 bridgehead atoms. The summed E-state index contributed by atoms with van der Waals surface area (Å²) in [5, 5.41) is 0.754. The lowest BCUT2D eigenvalue weighted by atomic mass is 9.90. The molecule has 0 radical (unpaired) electrons. The number of hydrogen-bond donors (Lipinski definition) is 0. The molecule has 20 heavy (non-hydrogen) atoms. The minimum absolute atomic E-state index is 0.194. The first-order chi connectivity index (χ1) is 9.84. The lowest BCUT2D eigenvalue weighted by Gasteiger charge is -2.13. The molecule has 1 atom stereocenters. The molecule has 0 amide bonds. The Morgan fingerprint density at radius 2 is 1.70 bits per heavy atom. The van der Waals surface area contributed by atoms with Gasteiger partial charge in [0.25, 0.3) is 0 Å². The SMILES string of the molecule is Clc1ccc(C2c3ccccc3-c3ncncc32)cc1. The van der Waals surface area contributed by atoms with Gasteiger partial charge in [-0.25, -0.2) is 9.97 Å². The molecule has 3 heteroatoms. The molecule has 0 aliphatic heterocycles. The largest absolute Gasteiger partial charge is 0.244 e. The fourth-order valence-corrected chi connectivity index (χ4v) is 3.05. The smallest absolute Gasteiger partial charge is 0.116 e. The normalized spacial score (nSPS) is 15.8. The third-order valence-corrected chi connectivity index (χ3v) is 4.03. The van der Waals surface area contributed by atoms with Gasteiger partial charge in [0.15, 0.2) is 0 Å². The molecule has 0 spiro atoms. The van der Waals surface area contributed by atoms with Gasteiger partial charge in [-0.1, -0.05) is 48.0 Å². The van der Waals surface area contributed by atoms with Crippen molar-refractivity contribution in [3.05, 3.63) is 82.8 Å². The number of halogens is 1. The van der Waals surface area contributed by atoms with Crippen molar-refractivity contribution in [3.63, 3.8) is 0 Å². The molecule has 1 heterocycles. The molecule has 1 aliphatic rings. The Morgan fingerprint density at radius 3 is 2.55 bits per heavy atom. The first-order valence-corrected chi connectivity index (χ1v) is 6.87. The Hall–Kier alpha value is -2.19. The van der Waals surface area contributed by atoms with Crippen LogP contribution in [0.15, 0.2) is 61.1 Å². The zero-order valence-corrected chi connectivity index (χ0v) is 11.4. The quantitative estimate of drug-likeness (QED) is 0.519. The fraction of sp³-hybridized carbons (Fsp3) is 0.0588. The molecule has 0 saturated carbocycles. The molecule has 0 N–H and O–H groups in total. The first kappa shape index (κ1) is 11.6. The summed E-state index contributed by atoms with van der Waals surface area (Å²) in [6, 6.07) is 16.4. The lowest BCUT2D eigenvalue weighted by Crippen LogP contribution is -1.99. The van der Waals surface area contributed by atoms with Crippen LogP contribution in [0.3, 0.4) is 0 Å². The fourth-order valence-electron chi connectivity index (χ4n) is 2.92. The minimum atomic E-state index is 0.194. The first-order valence-electron chi connectivity index (χ1n) is 6.49. The van der Waals surface area contributed by atoms with Gasteiger partial charge in [0.05, 0.1) is 5.69 Å². The molecule has 2 nitrogen and oxygen atoms in total. The summed E-state index contributed by atoms with van der Waals surface area (Å²) in [5.41, 5.74) is 5.90. The van der Waals surface area contributed by atoms with Crippen molar-refractivity contribution in [3.8, 4) is 11.3 Å². The van der Waals surface area contributed by atoms with E-state index in [-0.39, 0.29) is 5.92 Å². The number of rotatable bonds is 1. The van der Waals surface area contributed by atoms with Crippen LogP contribution in [0.1, 0.15) is 22.6 Å². The molecular formula is C17H11ClN2. The van der Waals surface area contributed by atoms with Crippen LogP contribution in [-0.4, -0.2) is 9.97 Å². The second-order valence-electron chi connectivity index (χ2n) is 4.90. The zero-order chi connectivity index (χ0) is 13.5. The van der Waals surface area contributed by atoms with Crippen LogP contribution in [0.4, 0.5) is 0 Å². The van der Waals surface area contributed by atoms with Gasteiger partial charge >= 0.3 is 0 Å². The van der Waals surface area contributed by atoms with Crippen molar-refractivity contribution in [2.45, 2.75) is 5.92 Å². The molecule has 0 fully saturated rings. The second-order valence-corrected chi connectivity index (χ2v) is 5.33. The molecule has 0 saturated heterocycles. The third-order valence-electron chi connectivity index (χ3n) is 3.78. The van der Waals surface area contributed by atoms with Crippen molar-refractivity contribution in [2.75, 3.05) is 0 Å². The molecular weight excluding hydrogens is 268 g/mol. The Kier molecular flexibility index (Phi) is 2.57. The molecule has 1 unspecified atom stereocenters. The summed E-state index contributed by atoms with van der Waals surface area (Å²) in [7, 11) is 0. The van der Waals surface area contributed by atoms with Crippen LogP contribution in [0, 0.1) is 0 Å². The third kappa shape index (κ3) is 1.65.